The Morgan fingerprint density at radius 1 is 1.31 bits per heavy atom. The molecule has 0 aliphatic carbocycles. The molecule has 1 aromatic rings. The van der Waals surface area contributed by atoms with Gasteiger partial charge in [-0.1, -0.05) is 0 Å². The normalized spacial score (nSPS) is 15.2. The van der Waals surface area contributed by atoms with Crippen molar-refractivity contribution in [2.24, 2.45) is 4.99 Å². The Morgan fingerprint density at radius 2 is 2.00 bits per heavy atom. The van der Waals surface area contributed by atoms with E-state index in [0.29, 0.717) is 32.1 Å². The molecule has 144 valence electrons. The van der Waals surface area contributed by atoms with Gasteiger partial charge in [-0.25, -0.2) is 4.79 Å². The average Bonchev–Trinajstić information content (AvgIpc) is 3.04. The second-order valence-corrected chi connectivity index (χ2v) is 6.96. The van der Waals surface area contributed by atoms with Crippen LogP contribution in [0.4, 0.5) is 4.79 Å². The van der Waals surface area contributed by atoms with Gasteiger partial charge in [0, 0.05) is 33.2 Å². The van der Waals surface area contributed by atoms with E-state index in [-0.39, 0.29) is 23.8 Å². The van der Waals surface area contributed by atoms with E-state index in [4.69, 9.17) is 9.15 Å². The predicted molar refractivity (Wildman–Crippen MR) is 97.1 cm³/mol. The lowest BCUT2D eigenvalue weighted by Crippen LogP contribution is -2.63. The summed E-state index contributed by atoms with van der Waals surface area (Å²) < 4.78 is 10.3. The fraction of sp³-hybridized carbons (Fsp3) is 0.588. The second kappa shape index (κ2) is 8.59. The van der Waals surface area contributed by atoms with Crippen molar-refractivity contribution in [2.45, 2.75) is 32.4 Å². The highest BCUT2D eigenvalue weighted by atomic mass is 16.6. The lowest BCUT2D eigenvalue weighted by molar-refractivity contribution is 0.00701. The molecule has 0 atom stereocenters. The summed E-state index contributed by atoms with van der Waals surface area (Å²) in [6.45, 7) is 7.59. The lowest BCUT2D eigenvalue weighted by atomic mass is 10.1. The van der Waals surface area contributed by atoms with Crippen molar-refractivity contribution in [3.05, 3.63) is 24.2 Å². The largest absolute Gasteiger partial charge is 0.459 e. The van der Waals surface area contributed by atoms with Crippen LogP contribution in [-0.2, 0) is 4.74 Å². The van der Waals surface area contributed by atoms with Crippen molar-refractivity contribution in [2.75, 3.05) is 33.2 Å². The molecule has 1 fully saturated rings. The van der Waals surface area contributed by atoms with Crippen LogP contribution in [-0.4, -0.2) is 67.7 Å². The summed E-state index contributed by atoms with van der Waals surface area (Å²) in [4.78, 5) is 29.4. The average molecular weight is 365 g/mol. The molecule has 3 N–H and O–H groups in total. The Hall–Kier alpha value is -2.71. The van der Waals surface area contributed by atoms with Crippen molar-refractivity contribution in [1.82, 2.24) is 20.9 Å². The first kappa shape index (κ1) is 19.6. The van der Waals surface area contributed by atoms with Crippen LogP contribution in [0.15, 0.2) is 27.8 Å². The van der Waals surface area contributed by atoms with Crippen LogP contribution < -0.4 is 16.0 Å². The van der Waals surface area contributed by atoms with E-state index in [2.05, 4.69) is 20.9 Å². The number of hydrogen-bond donors (Lipinski definition) is 3. The summed E-state index contributed by atoms with van der Waals surface area (Å²) in [5.41, 5.74) is -0.493. The molecule has 0 saturated carbocycles. The van der Waals surface area contributed by atoms with Crippen LogP contribution in [0.1, 0.15) is 31.3 Å². The summed E-state index contributed by atoms with van der Waals surface area (Å²) in [6.07, 6.45) is 1.15. The standard InChI is InChI=1S/C17H27N5O4/c1-17(2,3)26-16(24)22-10-12(11-22)21-15(18-4)20-8-7-19-14(23)13-6-5-9-25-13/h5-6,9,12H,7-8,10-11H2,1-4H3,(H,19,23)(H2,18,20,21). The van der Waals surface area contributed by atoms with E-state index in [9.17, 15) is 9.59 Å². The third-order valence-electron chi connectivity index (χ3n) is 3.55. The van der Waals surface area contributed by atoms with Crippen LogP contribution in [0.2, 0.25) is 0 Å². The highest BCUT2D eigenvalue weighted by Crippen LogP contribution is 2.15. The molecule has 1 aliphatic heterocycles. The van der Waals surface area contributed by atoms with Crippen molar-refractivity contribution in [3.8, 4) is 0 Å². The molecule has 2 heterocycles. The Labute approximate surface area is 153 Å². The van der Waals surface area contributed by atoms with E-state index >= 15 is 0 Å². The number of guanidine groups is 1. The van der Waals surface area contributed by atoms with E-state index in [1.165, 1.54) is 6.26 Å². The Balaban J connectivity index is 1.62. The molecule has 2 rings (SSSR count). The minimum Gasteiger partial charge on any atom is -0.459 e. The zero-order chi connectivity index (χ0) is 19.2. The first-order valence-corrected chi connectivity index (χ1v) is 8.55. The molecule has 9 nitrogen and oxygen atoms in total. The molecule has 1 aromatic heterocycles. The molecule has 0 radical (unpaired) electrons. The van der Waals surface area contributed by atoms with Crippen molar-refractivity contribution in [3.63, 3.8) is 0 Å². The summed E-state index contributed by atoms with van der Waals surface area (Å²) >= 11 is 0. The molecule has 0 aromatic carbocycles. The first-order chi connectivity index (χ1) is 12.3. The maximum Gasteiger partial charge on any atom is 0.410 e. The van der Waals surface area contributed by atoms with Crippen LogP contribution in [0.3, 0.4) is 0 Å². The molecule has 0 unspecified atom stereocenters. The summed E-state index contributed by atoms with van der Waals surface area (Å²) in [6, 6.07) is 3.39. The van der Waals surface area contributed by atoms with Crippen molar-refractivity contribution < 1.29 is 18.7 Å². The summed E-state index contributed by atoms with van der Waals surface area (Å²) in [5.74, 6) is 0.641. The van der Waals surface area contributed by atoms with Gasteiger partial charge in [0.25, 0.3) is 5.91 Å². The van der Waals surface area contributed by atoms with Gasteiger partial charge < -0.3 is 30.0 Å². The highest BCUT2D eigenvalue weighted by Gasteiger charge is 2.34. The van der Waals surface area contributed by atoms with E-state index in [0.717, 1.165) is 0 Å². The third kappa shape index (κ3) is 5.98. The Bertz CT molecular complexity index is 630. The first-order valence-electron chi connectivity index (χ1n) is 8.55. The molecule has 26 heavy (non-hydrogen) atoms. The van der Waals surface area contributed by atoms with Crippen LogP contribution in [0, 0.1) is 0 Å². The van der Waals surface area contributed by atoms with Gasteiger partial charge in [-0.3, -0.25) is 9.79 Å². The highest BCUT2D eigenvalue weighted by molar-refractivity contribution is 5.91. The smallest absolute Gasteiger partial charge is 0.410 e. The number of furan rings is 1. The fourth-order valence-corrected chi connectivity index (χ4v) is 2.29. The zero-order valence-corrected chi connectivity index (χ0v) is 15.7. The van der Waals surface area contributed by atoms with Gasteiger partial charge in [-0.15, -0.1) is 0 Å². The van der Waals surface area contributed by atoms with Crippen LogP contribution in [0.5, 0.6) is 0 Å². The van der Waals surface area contributed by atoms with Crippen molar-refractivity contribution >= 4 is 18.0 Å². The number of nitrogens with zero attached hydrogens (tertiary/aromatic N) is 2. The van der Waals surface area contributed by atoms with Gasteiger partial charge in [0.05, 0.1) is 12.3 Å². The minimum atomic E-state index is -0.493. The monoisotopic (exact) mass is 365 g/mol. The van der Waals surface area contributed by atoms with Gasteiger partial charge in [0.15, 0.2) is 11.7 Å². The number of amides is 2. The maximum atomic E-state index is 11.9. The molecular formula is C17H27N5O4. The Kier molecular flexibility index (Phi) is 6.48. The number of aliphatic imine (C=N–C) groups is 1. The molecule has 9 heteroatoms. The summed E-state index contributed by atoms with van der Waals surface area (Å²) in [7, 11) is 1.67. The van der Waals surface area contributed by atoms with E-state index in [1.807, 2.05) is 20.8 Å². The predicted octanol–water partition coefficient (Wildman–Crippen LogP) is 0.794. The van der Waals surface area contributed by atoms with E-state index in [1.54, 1.807) is 24.1 Å². The van der Waals surface area contributed by atoms with Gasteiger partial charge in [-0.2, -0.15) is 0 Å². The van der Waals surface area contributed by atoms with Crippen LogP contribution in [0.25, 0.3) is 0 Å². The number of hydrogen-bond acceptors (Lipinski definition) is 5. The molecular weight excluding hydrogens is 338 g/mol. The topological polar surface area (TPSA) is 108 Å². The number of nitrogens with one attached hydrogen (secondary N) is 3. The molecule has 0 spiro atoms. The number of likely N-dealkylation sites (tertiary alicyclic amines) is 1. The molecule has 1 aliphatic rings. The maximum absolute atomic E-state index is 11.9. The minimum absolute atomic E-state index is 0.117. The lowest BCUT2D eigenvalue weighted by Gasteiger charge is -2.40. The van der Waals surface area contributed by atoms with Gasteiger partial charge in [0.1, 0.15) is 5.60 Å². The summed E-state index contributed by atoms with van der Waals surface area (Å²) in [5, 5.41) is 9.08. The van der Waals surface area contributed by atoms with Gasteiger partial charge in [0.2, 0.25) is 0 Å². The van der Waals surface area contributed by atoms with Gasteiger partial charge in [-0.05, 0) is 32.9 Å². The number of carbonyl (C=O) groups is 2. The second-order valence-electron chi connectivity index (χ2n) is 6.96. The zero-order valence-electron chi connectivity index (χ0n) is 15.7. The fourth-order valence-electron chi connectivity index (χ4n) is 2.29. The van der Waals surface area contributed by atoms with Crippen molar-refractivity contribution in [1.29, 1.82) is 0 Å². The molecule has 1 saturated heterocycles. The number of carbonyl (C=O) groups excluding carboxylic acids is 2. The Morgan fingerprint density at radius 3 is 2.58 bits per heavy atom. The SMILES string of the molecule is CN=C(NCCNC(=O)c1ccco1)NC1CN(C(=O)OC(C)(C)C)C1. The van der Waals surface area contributed by atoms with E-state index < -0.39 is 5.60 Å². The van der Waals surface area contributed by atoms with Gasteiger partial charge >= 0.3 is 6.09 Å². The third-order valence-corrected chi connectivity index (χ3v) is 3.55. The number of rotatable bonds is 5. The molecule has 0 bridgehead atoms. The quantitative estimate of drug-likeness (QED) is 0.405. The van der Waals surface area contributed by atoms with Crippen LogP contribution >= 0.6 is 0 Å². The number of ether oxygens (including phenoxy) is 1. The molecule has 2 amide bonds.